The topological polar surface area (TPSA) is 43.1 Å². The largest absolute Gasteiger partial charge is 0.289 e. The van der Waals surface area contributed by atoms with Gasteiger partial charge in [-0.15, -0.1) is 0 Å². The van der Waals surface area contributed by atoms with E-state index in [9.17, 15) is 0 Å². The van der Waals surface area contributed by atoms with Crippen LogP contribution in [-0.4, -0.2) is 19.4 Å². The first kappa shape index (κ1) is 13.7. The smallest absolute Gasteiger partial charge is 0.146 e. The molecule has 0 unspecified atom stereocenters. The Morgan fingerprint density at radius 2 is 1.62 bits per heavy atom. The Labute approximate surface area is 148 Å². The van der Waals surface area contributed by atoms with Gasteiger partial charge in [0.05, 0.1) is 28.3 Å². The summed E-state index contributed by atoms with van der Waals surface area (Å²) >= 11 is 0. The number of hydrogen-bond acceptors (Lipinski definition) is 3. The van der Waals surface area contributed by atoms with Crippen molar-refractivity contribution in [3.63, 3.8) is 0 Å². The maximum atomic E-state index is 5.01. The molecular formula is C22H14N4. The standard InChI is InChI=1S/C22H14N4/c1-13-5-4-8-18-20(13)25-22-17-10-15-7-3-2-6-14(15)9-16(17)21-19(26(18)22)11-23-12-24-21/h2-12H,1H3. The molecule has 0 fully saturated rings. The van der Waals surface area contributed by atoms with Crippen LogP contribution in [0.5, 0.6) is 0 Å². The van der Waals surface area contributed by atoms with Crippen molar-refractivity contribution >= 4 is 49.3 Å². The molecule has 122 valence electrons. The third kappa shape index (κ3) is 1.66. The number of nitrogens with zero attached hydrogens (tertiary/aromatic N) is 4. The first-order chi connectivity index (χ1) is 12.8. The Bertz CT molecular complexity index is 1490. The monoisotopic (exact) mass is 334 g/mol. The molecule has 0 saturated heterocycles. The molecule has 3 heterocycles. The molecular weight excluding hydrogens is 320 g/mol. The minimum atomic E-state index is 0.953. The number of pyridine rings is 1. The van der Waals surface area contributed by atoms with Crippen LogP contribution < -0.4 is 0 Å². The molecule has 4 nitrogen and oxygen atoms in total. The molecule has 26 heavy (non-hydrogen) atoms. The van der Waals surface area contributed by atoms with Crippen molar-refractivity contribution in [3.8, 4) is 0 Å². The number of imidazole rings is 1. The van der Waals surface area contributed by atoms with Gasteiger partial charge < -0.3 is 0 Å². The summed E-state index contributed by atoms with van der Waals surface area (Å²) in [7, 11) is 0. The van der Waals surface area contributed by atoms with E-state index in [0.29, 0.717) is 0 Å². The highest BCUT2D eigenvalue weighted by molar-refractivity contribution is 6.16. The lowest BCUT2D eigenvalue weighted by molar-refractivity contribution is 1.19. The summed E-state index contributed by atoms with van der Waals surface area (Å²) < 4.78 is 2.19. The van der Waals surface area contributed by atoms with Crippen LogP contribution in [0, 0.1) is 6.92 Å². The Hall–Kier alpha value is -3.53. The van der Waals surface area contributed by atoms with Crippen molar-refractivity contribution in [2.45, 2.75) is 6.92 Å². The van der Waals surface area contributed by atoms with Gasteiger partial charge in [0.1, 0.15) is 12.0 Å². The third-order valence-electron chi connectivity index (χ3n) is 5.20. The average Bonchev–Trinajstić information content (AvgIpc) is 3.08. The van der Waals surface area contributed by atoms with E-state index < -0.39 is 0 Å². The van der Waals surface area contributed by atoms with Gasteiger partial charge in [-0.25, -0.2) is 15.0 Å². The highest BCUT2D eigenvalue weighted by atomic mass is 15.0. The molecule has 6 aromatic rings. The first-order valence-corrected chi connectivity index (χ1v) is 8.63. The number of aromatic nitrogens is 4. The SMILES string of the molecule is Cc1cccc2c1nc1c3cc4ccccc4cc3c3ncncc3n21. The average molecular weight is 334 g/mol. The lowest BCUT2D eigenvalue weighted by Gasteiger charge is -2.09. The molecule has 0 spiro atoms. The molecule has 0 amide bonds. The van der Waals surface area contributed by atoms with Crippen molar-refractivity contribution < 1.29 is 0 Å². The number of aryl methyl sites for hydroxylation is 1. The molecule has 4 heteroatoms. The first-order valence-electron chi connectivity index (χ1n) is 8.63. The molecule has 0 radical (unpaired) electrons. The Morgan fingerprint density at radius 3 is 2.46 bits per heavy atom. The third-order valence-corrected chi connectivity index (χ3v) is 5.20. The second-order valence-corrected chi connectivity index (χ2v) is 6.71. The van der Waals surface area contributed by atoms with Gasteiger partial charge in [0.25, 0.3) is 0 Å². The van der Waals surface area contributed by atoms with Crippen LogP contribution in [-0.2, 0) is 0 Å². The van der Waals surface area contributed by atoms with Crippen LogP contribution in [0.3, 0.4) is 0 Å². The van der Waals surface area contributed by atoms with Gasteiger partial charge >= 0.3 is 0 Å². The maximum absolute atomic E-state index is 5.01. The van der Waals surface area contributed by atoms with Crippen LogP contribution in [0.2, 0.25) is 0 Å². The molecule has 3 aromatic carbocycles. The maximum Gasteiger partial charge on any atom is 0.146 e. The minimum Gasteiger partial charge on any atom is -0.289 e. The van der Waals surface area contributed by atoms with Crippen molar-refractivity contribution in [2.24, 2.45) is 0 Å². The molecule has 0 saturated carbocycles. The zero-order valence-corrected chi connectivity index (χ0v) is 14.1. The Morgan fingerprint density at radius 1 is 0.808 bits per heavy atom. The van der Waals surface area contributed by atoms with E-state index in [4.69, 9.17) is 4.98 Å². The van der Waals surface area contributed by atoms with E-state index in [0.717, 1.165) is 38.5 Å². The van der Waals surface area contributed by atoms with Gasteiger partial charge in [-0.3, -0.25) is 4.40 Å². The van der Waals surface area contributed by atoms with E-state index in [1.807, 2.05) is 6.20 Å². The fourth-order valence-corrected chi connectivity index (χ4v) is 3.98. The second-order valence-electron chi connectivity index (χ2n) is 6.71. The number of para-hydroxylation sites is 1. The van der Waals surface area contributed by atoms with Gasteiger partial charge in [0, 0.05) is 10.8 Å². The Kier molecular flexibility index (Phi) is 2.51. The summed E-state index contributed by atoms with van der Waals surface area (Å²) in [5.74, 6) is 0. The predicted octanol–water partition coefficient (Wildman–Crippen LogP) is 5.05. The van der Waals surface area contributed by atoms with Crippen molar-refractivity contribution in [1.82, 2.24) is 19.4 Å². The van der Waals surface area contributed by atoms with E-state index in [1.54, 1.807) is 6.33 Å². The van der Waals surface area contributed by atoms with Gasteiger partial charge in [0.2, 0.25) is 0 Å². The summed E-state index contributed by atoms with van der Waals surface area (Å²) in [4.78, 5) is 13.9. The Balaban J connectivity index is 2.01. The number of benzene rings is 3. The van der Waals surface area contributed by atoms with E-state index in [2.05, 4.69) is 75.9 Å². The van der Waals surface area contributed by atoms with E-state index in [1.165, 1.54) is 16.3 Å². The quantitative estimate of drug-likeness (QED) is 0.288. The molecule has 0 N–H and O–H groups in total. The normalized spacial score (nSPS) is 12.0. The molecule has 3 aromatic heterocycles. The highest BCUT2D eigenvalue weighted by Crippen LogP contribution is 2.34. The highest BCUT2D eigenvalue weighted by Gasteiger charge is 2.15. The molecule has 0 aliphatic rings. The fourth-order valence-electron chi connectivity index (χ4n) is 3.98. The molecule has 0 atom stereocenters. The summed E-state index contributed by atoms with van der Waals surface area (Å²) in [6, 6.07) is 19.1. The number of fused-ring (bicyclic) bond motifs is 9. The van der Waals surface area contributed by atoms with Crippen molar-refractivity contribution in [3.05, 3.63) is 72.7 Å². The van der Waals surface area contributed by atoms with Gasteiger partial charge in [0.15, 0.2) is 0 Å². The summed E-state index contributed by atoms with van der Waals surface area (Å²) in [6.45, 7) is 2.10. The van der Waals surface area contributed by atoms with Crippen LogP contribution >= 0.6 is 0 Å². The summed E-state index contributed by atoms with van der Waals surface area (Å²) in [5.41, 5.74) is 6.18. The van der Waals surface area contributed by atoms with E-state index in [-0.39, 0.29) is 0 Å². The lowest BCUT2D eigenvalue weighted by Crippen LogP contribution is -1.94. The predicted molar refractivity (Wildman–Crippen MR) is 106 cm³/mol. The zero-order valence-electron chi connectivity index (χ0n) is 14.1. The molecule has 6 rings (SSSR count). The van der Waals surface area contributed by atoms with Crippen LogP contribution in [0.25, 0.3) is 49.3 Å². The van der Waals surface area contributed by atoms with Crippen LogP contribution in [0.1, 0.15) is 5.56 Å². The number of hydrogen-bond donors (Lipinski definition) is 0. The van der Waals surface area contributed by atoms with Gasteiger partial charge in [-0.1, -0.05) is 36.4 Å². The molecule has 0 aliphatic heterocycles. The molecule has 0 bridgehead atoms. The van der Waals surface area contributed by atoms with E-state index >= 15 is 0 Å². The summed E-state index contributed by atoms with van der Waals surface area (Å²) in [5, 5.41) is 4.64. The lowest BCUT2D eigenvalue weighted by atomic mass is 10.0. The zero-order chi connectivity index (χ0) is 17.3. The van der Waals surface area contributed by atoms with Crippen LogP contribution in [0.15, 0.2) is 67.1 Å². The van der Waals surface area contributed by atoms with Crippen molar-refractivity contribution in [1.29, 1.82) is 0 Å². The summed E-state index contributed by atoms with van der Waals surface area (Å²) in [6.07, 6.45) is 3.50. The minimum absolute atomic E-state index is 0.953. The number of rotatable bonds is 0. The molecule has 0 aliphatic carbocycles. The second kappa shape index (κ2) is 4.76. The van der Waals surface area contributed by atoms with Gasteiger partial charge in [-0.05, 0) is 41.5 Å². The fraction of sp³-hybridized carbons (Fsp3) is 0.0455. The van der Waals surface area contributed by atoms with Gasteiger partial charge in [-0.2, -0.15) is 0 Å². The van der Waals surface area contributed by atoms with Crippen LogP contribution in [0.4, 0.5) is 0 Å². The van der Waals surface area contributed by atoms with Crippen molar-refractivity contribution in [2.75, 3.05) is 0 Å².